The van der Waals surface area contributed by atoms with Gasteiger partial charge in [0.1, 0.15) is 0 Å². The second kappa shape index (κ2) is 22.3. The molecule has 0 aliphatic carbocycles. The molecule has 0 radical (unpaired) electrons. The van der Waals surface area contributed by atoms with Crippen molar-refractivity contribution in [1.82, 2.24) is 0 Å². The SMILES string of the molecule is C=CC(=O)OCCCCCCCCCCCCCC.OCC(CO)(CO)CO. The maximum atomic E-state index is 10.8. The minimum Gasteiger partial charge on any atom is -0.463 e. The molecule has 0 aliphatic heterocycles. The van der Waals surface area contributed by atoms with E-state index in [1.54, 1.807) is 0 Å². The smallest absolute Gasteiger partial charge is 0.330 e. The summed E-state index contributed by atoms with van der Waals surface area (Å²) in [5.41, 5.74) is -1.11. The molecule has 0 atom stereocenters. The number of aliphatic hydroxyl groups excluding tert-OH is 4. The minimum atomic E-state index is -1.11. The van der Waals surface area contributed by atoms with Gasteiger partial charge in [0, 0.05) is 6.08 Å². The van der Waals surface area contributed by atoms with Crippen molar-refractivity contribution >= 4 is 5.97 Å². The number of carbonyl (C=O) groups is 1. The number of ether oxygens (including phenoxy) is 1. The summed E-state index contributed by atoms with van der Waals surface area (Å²) >= 11 is 0. The van der Waals surface area contributed by atoms with Gasteiger partial charge in [-0.15, -0.1) is 0 Å². The Hall–Kier alpha value is -0.950. The van der Waals surface area contributed by atoms with E-state index in [1.165, 1.54) is 76.7 Å². The zero-order chi connectivity index (χ0) is 21.5. The number of hydrogen-bond acceptors (Lipinski definition) is 6. The van der Waals surface area contributed by atoms with E-state index >= 15 is 0 Å². The highest BCUT2D eigenvalue weighted by Crippen LogP contribution is 2.12. The molecular weight excluding hydrogens is 360 g/mol. The predicted molar refractivity (Wildman–Crippen MR) is 113 cm³/mol. The Morgan fingerprint density at radius 2 is 1.11 bits per heavy atom. The molecule has 0 aromatic rings. The fourth-order valence-corrected chi connectivity index (χ4v) is 2.47. The van der Waals surface area contributed by atoms with Crippen molar-refractivity contribution in [3.63, 3.8) is 0 Å². The monoisotopic (exact) mass is 404 g/mol. The summed E-state index contributed by atoms with van der Waals surface area (Å²) in [7, 11) is 0. The molecule has 0 unspecified atom stereocenters. The molecule has 0 aromatic carbocycles. The molecule has 0 saturated heterocycles. The van der Waals surface area contributed by atoms with E-state index in [2.05, 4.69) is 13.5 Å². The lowest BCUT2D eigenvalue weighted by Crippen LogP contribution is -2.37. The average Bonchev–Trinajstić information content (AvgIpc) is 2.74. The van der Waals surface area contributed by atoms with E-state index in [9.17, 15) is 4.79 Å². The molecule has 6 heteroatoms. The Morgan fingerprint density at radius 3 is 1.39 bits per heavy atom. The summed E-state index contributed by atoms with van der Waals surface area (Å²) in [6.07, 6.45) is 17.1. The zero-order valence-electron chi connectivity index (χ0n) is 17.9. The van der Waals surface area contributed by atoms with Crippen LogP contribution in [0.1, 0.15) is 84.0 Å². The van der Waals surface area contributed by atoms with Crippen LogP contribution in [0.3, 0.4) is 0 Å². The van der Waals surface area contributed by atoms with E-state index in [0.717, 1.165) is 6.42 Å². The number of esters is 1. The normalized spacial score (nSPS) is 10.9. The third-order valence-electron chi connectivity index (χ3n) is 4.75. The van der Waals surface area contributed by atoms with Gasteiger partial charge in [-0.25, -0.2) is 4.79 Å². The van der Waals surface area contributed by atoms with Gasteiger partial charge in [0.25, 0.3) is 0 Å². The van der Waals surface area contributed by atoms with Crippen LogP contribution >= 0.6 is 0 Å². The summed E-state index contributed by atoms with van der Waals surface area (Å²) in [6.45, 7) is 4.55. The molecule has 0 amide bonds. The lowest BCUT2D eigenvalue weighted by atomic mass is 9.93. The largest absolute Gasteiger partial charge is 0.463 e. The first-order valence-electron chi connectivity index (χ1n) is 10.8. The molecule has 0 aromatic heterocycles. The van der Waals surface area contributed by atoms with Crippen molar-refractivity contribution in [2.45, 2.75) is 84.0 Å². The molecule has 0 heterocycles. The van der Waals surface area contributed by atoms with E-state index in [0.29, 0.717) is 6.61 Å². The Balaban J connectivity index is 0. The third-order valence-corrected chi connectivity index (χ3v) is 4.75. The van der Waals surface area contributed by atoms with Gasteiger partial charge < -0.3 is 25.2 Å². The van der Waals surface area contributed by atoms with Crippen LogP contribution in [0, 0.1) is 5.41 Å². The van der Waals surface area contributed by atoms with Gasteiger partial charge in [0.2, 0.25) is 0 Å². The van der Waals surface area contributed by atoms with Crippen molar-refractivity contribution in [3.05, 3.63) is 12.7 Å². The quantitative estimate of drug-likeness (QED) is 0.158. The molecule has 0 spiro atoms. The summed E-state index contributed by atoms with van der Waals surface area (Å²) in [6, 6.07) is 0. The predicted octanol–water partition coefficient (Wildman–Crippen LogP) is 3.36. The topological polar surface area (TPSA) is 107 Å². The summed E-state index contributed by atoms with van der Waals surface area (Å²) in [5, 5.41) is 34.0. The Labute approximate surface area is 171 Å². The van der Waals surface area contributed by atoms with Crippen LogP contribution in [0.5, 0.6) is 0 Å². The maximum Gasteiger partial charge on any atom is 0.330 e. The first-order valence-corrected chi connectivity index (χ1v) is 10.8. The standard InChI is InChI=1S/C17H32O2.C5H12O4/c1-3-5-6-7-8-9-10-11-12-13-14-15-16-19-17(18)4-2;6-1-5(2-7,3-8)4-9/h4H,2-3,5-16H2,1H3;6-9H,1-4H2. The number of unbranched alkanes of at least 4 members (excludes halogenated alkanes) is 11. The lowest BCUT2D eigenvalue weighted by molar-refractivity contribution is -0.137. The van der Waals surface area contributed by atoms with Crippen LogP contribution < -0.4 is 0 Å². The first kappa shape index (κ1) is 29.3. The molecular formula is C22H44O6. The van der Waals surface area contributed by atoms with E-state index in [4.69, 9.17) is 25.2 Å². The van der Waals surface area contributed by atoms with Gasteiger partial charge >= 0.3 is 5.97 Å². The summed E-state index contributed by atoms with van der Waals surface area (Å²) < 4.78 is 4.93. The van der Waals surface area contributed by atoms with Crippen molar-refractivity contribution in [2.75, 3.05) is 33.0 Å². The summed E-state index contributed by atoms with van der Waals surface area (Å²) in [4.78, 5) is 10.8. The van der Waals surface area contributed by atoms with E-state index < -0.39 is 31.8 Å². The van der Waals surface area contributed by atoms with Crippen molar-refractivity contribution < 1.29 is 30.0 Å². The second-order valence-electron chi connectivity index (χ2n) is 7.39. The van der Waals surface area contributed by atoms with Crippen molar-refractivity contribution in [3.8, 4) is 0 Å². The number of aliphatic hydroxyl groups is 4. The Bertz CT molecular complexity index is 324. The van der Waals surface area contributed by atoms with Gasteiger partial charge in [-0.2, -0.15) is 0 Å². The van der Waals surface area contributed by atoms with Gasteiger partial charge in [0.15, 0.2) is 0 Å². The number of hydrogen-bond donors (Lipinski definition) is 4. The molecule has 6 nitrogen and oxygen atoms in total. The van der Waals surface area contributed by atoms with Gasteiger partial charge in [-0.1, -0.05) is 84.1 Å². The first-order chi connectivity index (χ1) is 13.6. The van der Waals surface area contributed by atoms with Gasteiger partial charge in [-0.3, -0.25) is 0 Å². The molecule has 0 fully saturated rings. The van der Waals surface area contributed by atoms with Crippen molar-refractivity contribution in [2.24, 2.45) is 5.41 Å². The summed E-state index contributed by atoms with van der Waals surface area (Å²) in [5.74, 6) is -0.303. The van der Waals surface area contributed by atoms with Crippen LogP contribution in [0.4, 0.5) is 0 Å². The highest BCUT2D eigenvalue weighted by atomic mass is 16.5. The molecule has 0 bridgehead atoms. The van der Waals surface area contributed by atoms with Gasteiger partial charge in [-0.05, 0) is 6.42 Å². The highest BCUT2D eigenvalue weighted by molar-refractivity contribution is 5.81. The fourth-order valence-electron chi connectivity index (χ4n) is 2.47. The molecule has 4 N–H and O–H groups in total. The van der Waals surface area contributed by atoms with Crippen LogP contribution in [0.25, 0.3) is 0 Å². The second-order valence-corrected chi connectivity index (χ2v) is 7.39. The zero-order valence-corrected chi connectivity index (χ0v) is 17.9. The van der Waals surface area contributed by atoms with E-state index in [1.807, 2.05) is 0 Å². The number of carbonyl (C=O) groups excluding carboxylic acids is 1. The van der Waals surface area contributed by atoms with Crippen LogP contribution in [-0.4, -0.2) is 59.4 Å². The lowest BCUT2D eigenvalue weighted by Gasteiger charge is -2.23. The van der Waals surface area contributed by atoms with Crippen LogP contribution in [0.2, 0.25) is 0 Å². The Morgan fingerprint density at radius 1 is 0.750 bits per heavy atom. The number of rotatable bonds is 18. The molecule has 0 saturated carbocycles. The van der Waals surface area contributed by atoms with E-state index in [-0.39, 0.29) is 5.97 Å². The molecule has 0 aliphatic rings. The minimum absolute atomic E-state index is 0.303. The molecule has 28 heavy (non-hydrogen) atoms. The third kappa shape index (κ3) is 18.4. The van der Waals surface area contributed by atoms with Crippen molar-refractivity contribution in [1.29, 1.82) is 0 Å². The van der Waals surface area contributed by atoms with Crippen LogP contribution in [-0.2, 0) is 9.53 Å². The van der Waals surface area contributed by atoms with Gasteiger partial charge in [0.05, 0.1) is 38.4 Å². The van der Waals surface area contributed by atoms with Crippen LogP contribution in [0.15, 0.2) is 12.7 Å². The highest BCUT2D eigenvalue weighted by Gasteiger charge is 2.26. The molecule has 168 valence electrons. The molecule has 0 rings (SSSR count). The fraction of sp³-hybridized carbons (Fsp3) is 0.864. The average molecular weight is 405 g/mol. The maximum absolute atomic E-state index is 10.8. The Kier molecular flexibility index (Phi) is 23.3.